The predicted molar refractivity (Wildman–Crippen MR) is 49.6 cm³/mol. The van der Waals surface area contributed by atoms with Crippen LogP contribution in [0.2, 0.25) is 0 Å². The number of ether oxygens (including phenoxy) is 3. The summed E-state index contributed by atoms with van der Waals surface area (Å²) in [5, 5.41) is 8.36. The molecule has 1 N–H and O–H groups in total. The third-order valence-electron chi connectivity index (χ3n) is 1.44. The standard InChI is InChI=1S/C9H16O5/c1-12-9(13-2)5-3-4-8(11)14-7-6-10/h3-4,9-10H,5-7H2,1-2H3. The van der Waals surface area contributed by atoms with Crippen LogP contribution in [0.25, 0.3) is 0 Å². The van der Waals surface area contributed by atoms with Gasteiger partial charge in [0.15, 0.2) is 6.29 Å². The molecule has 0 aromatic heterocycles. The minimum Gasteiger partial charge on any atom is -0.460 e. The van der Waals surface area contributed by atoms with E-state index in [0.29, 0.717) is 6.42 Å². The second-order valence-corrected chi connectivity index (χ2v) is 2.43. The molecule has 0 saturated carbocycles. The fraction of sp³-hybridized carbons (Fsp3) is 0.667. The van der Waals surface area contributed by atoms with Crippen molar-refractivity contribution in [1.29, 1.82) is 0 Å². The highest BCUT2D eigenvalue weighted by molar-refractivity contribution is 5.81. The van der Waals surface area contributed by atoms with Gasteiger partial charge in [-0.3, -0.25) is 0 Å². The van der Waals surface area contributed by atoms with Crippen molar-refractivity contribution in [2.24, 2.45) is 0 Å². The van der Waals surface area contributed by atoms with Gasteiger partial charge >= 0.3 is 5.97 Å². The predicted octanol–water partition coefficient (Wildman–Crippen LogP) is 0.0871. The molecule has 0 amide bonds. The Morgan fingerprint density at radius 3 is 2.57 bits per heavy atom. The van der Waals surface area contributed by atoms with Gasteiger partial charge in [-0.2, -0.15) is 0 Å². The summed E-state index contributed by atoms with van der Waals surface area (Å²) in [6.07, 6.45) is 3.00. The van der Waals surface area contributed by atoms with Crippen molar-refractivity contribution in [3.05, 3.63) is 12.2 Å². The van der Waals surface area contributed by atoms with E-state index in [1.54, 1.807) is 6.08 Å². The number of hydrogen-bond donors (Lipinski definition) is 1. The average Bonchev–Trinajstić information content (AvgIpc) is 2.21. The molecular formula is C9H16O5. The van der Waals surface area contributed by atoms with Gasteiger partial charge in [-0.05, 0) is 0 Å². The molecule has 0 rings (SSSR count). The Labute approximate surface area is 83.3 Å². The van der Waals surface area contributed by atoms with E-state index in [1.165, 1.54) is 20.3 Å². The normalized spacial score (nSPS) is 11.1. The minimum absolute atomic E-state index is 0.0150. The first-order valence-electron chi connectivity index (χ1n) is 4.24. The summed E-state index contributed by atoms with van der Waals surface area (Å²) in [6, 6.07) is 0. The number of hydrogen-bond acceptors (Lipinski definition) is 5. The Morgan fingerprint density at radius 1 is 1.43 bits per heavy atom. The summed E-state index contributed by atoms with van der Waals surface area (Å²) < 4.78 is 14.4. The van der Waals surface area contributed by atoms with Gasteiger partial charge in [0.2, 0.25) is 0 Å². The summed E-state index contributed by atoms with van der Waals surface area (Å²) in [6.45, 7) is -0.153. The quantitative estimate of drug-likeness (QED) is 0.361. The van der Waals surface area contributed by atoms with Crippen LogP contribution in [0.4, 0.5) is 0 Å². The van der Waals surface area contributed by atoms with E-state index >= 15 is 0 Å². The highest BCUT2D eigenvalue weighted by Crippen LogP contribution is 1.98. The summed E-state index contributed by atoms with van der Waals surface area (Å²) >= 11 is 0. The lowest BCUT2D eigenvalue weighted by Gasteiger charge is -2.09. The zero-order chi connectivity index (χ0) is 10.8. The SMILES string of the molecule is COC(CC=CC(=O)OCCO)OC. The lowest BCUT2D eigenvalue weighted by Crippen LogP contribution is -2.11. The zero-order valence-electron chi connectivity index (χ0n) is 8.43. The average molecular weight is 204 g/mol. The monoisotopic (exact) mass is 204 g/mol. The molecule has 0 aromatic rings. The van der Waals surface area contributed by atoms with Crippen LogP contribution < -0.4 is 0 Å². The molecule has 0 radical (unpaired) electrons. The molecule has 0 unspecified atom stereocenters. The number of carbonyl (C=O) groups is 1. The van der Waals surface area contributed by atoms with E-state index in [1.807, 2.05) is 0 Å². The molecule has 0 aromatic carbocycles. The topological polar surface area (TPSA) is 65.0 Å². The van der Waals surface area contributed by atoms with Gasteiger partial charge in [-0.15, -0.1) is 0 Å². The van der Waals surface area contributed by atoms with Gasteiger partial charge < -0.3 is 19.3 Å². The molecule has 0 aliphatic heterocycles. The largest absolute Gasteiger partial charge is 0.460 e. The van der Waals surface area contributed by atoms with Gasteiger partial charge in [-0.1, -0.05) is 6.08 Å². The van der Waals surface area contributed by atoms with Crippen LogP contribution in [0.1, 0.15) is 6.42 Å². The lowest BCUT2D eigenvalue weighted by atomic mass is 10.3. The van der Waals surface area contributed by atoms with Crippen LogP contribution in [0, 0.1) is 0 Å². The molecule has 14 heavy (non-hydrogen) atoms. The Bertz CT molecular complexity index is 174. The third-order valence-corrected chi connectivity index (χ3v) is 1.44. The van der Waals surface area contributed by atoms with Crippen molar-refractivity contribution in [2.45, 2.75) is 12.7 Å². The van der Waals surface area contributed by atoms with E-state index in [9.17, 15) is 4.79 Å². The molecular weight excluding hydrogens is 188 g/mol. The van der Waals surface area contributed by atoms with Crippen molar-refractivity contribution >= 4 is 5.97 Å². The van der Waals surface area contributed by atoms with Crippen molar-refractivity contribution in [3.63, 3.8) is 0 Å². The molecule has 0 spiro atoms. The molecule has 5 heteroatoms. The molecule has 0 saturated heterocycles. The highest BCUT2D eigenvalue weighted by Gasteiger charge is 2.01. The second kappa shape index (κ2) is 8.68. The van der Waals surface area contributed by atoms with Crippen LogP contribution >= 0.6 is 0 Å². The maximum absolute atomic E-state index is 10.9. The van der Waals surface area contributed by atoms with Crippen molar-refractivity contribution in [2.75, 3.05) is 27.4 Å². The van der Waals surface area contributed by atoms with Crippen LogP contribution in [0.5, 0.6) is 0 Å². The fourth-order valence-electron chi connectivity index (χ4n) is 0.758. The van der Waals surface area contributed by atoms with Gasteiger partial charge in [0.1, 0.15) is 6.61 Å². The minimum atomic E-state index is -0.481. The van der Waals surface area contributed by atoms with E-state index in [0.717, 1.165) is 0 Å². The Kier molecular flexibility index (Phi) is 8.11. The number of carbonyl (C=O) groups excluding carboxylic acids is 1. The molecule has 0 aliphatic rings. The van der Waals surface area contributed by atoms with Crippen LogP contribution in [-0.4, -0.2) is 44.8 Å². The van der Waals surface area contributed by atoms with Crippen molar-refractivity contribution in [1.82, 2.24) is 0 Å². The van der Waals surface area contributed by atoms with Gasteiger partial charge in [0, 0.05) is 26.7 Å². The summed E-state index contributed by atoms with van der Waals surface area (Å²) in [7, 11) is 3.04. The lowest BCUT2D eigenvalue weighted by molar-refractivity contribution is -0.138. The maximum atomic E-state index is 10.9. The van der Waals surface area contributed by atoms with E-state index < -0.39 is 5.97 Å². The second-order valence-electron chi connectivity index (χ2n) is 2.43. The van der Waals surface area contributed by atoms with E-state index in [4.69, 9.17) is 14.6 Å². The van der Waals surface area contributed by atoms with Crippen LogP contribution in [0.15, 0.2) is 12.2 Å². The number of esters is 1. The first-order valence-corrected chi connectivity index (χ1v) is 4.24. The first kappa shape index (κ1) is 13.1. The molecule has 0 aliphatic carbocycles. The highest BCUT2D eigenvalue weighted by atomic mass is 16.7. The first-order chi connectivity index (χ1) is 6.74. The van der Waals surface area contributed by atoms with Gasteiger partial charge in [0.05, 0.1) is 6.61 Å². The van der Waals surface area contributed by atoms with Crippen LogP contribution in [0.3, 0.4) is 0 Å². The number of rotatable bonds is 7. The van der Waals surface area contributed by atoms with E-state index in [-0.39, 0.29) is 19.5 Å². The Morgan fingerprint density at radius 2 is 2.07 bits per heavy atom. The van der Waals surface area contributed by atoms with E-state index in [2.05, 4.69) is 4.74 Å². The van der Waals surface area contributed by atoms with Gasteiger partial charge in [0.25, 0.3) is 0 Å². The molecule has 0 bridgehead atoms. The summed E-state index contributed by atoms with van der Waals surface area (Å²) in [5.41, 5.74) is 0. The Balaban J connectivity index is 3.64. The molecule has 5 nitrogen and oxygen atoms in total. The third kappa shape index (κ3) is 6.59. The maximum Gasteiger partial charge on any atom is 0.330 e. The summed E-state index contributed by atoms with van der Waals surface area (Å²) in [4.78, 5) is 10.9. The number of aliphatic hydroxyl groups is 1. The smallest absolute Gasteiger partial charge is 0.330 e. The molecule has 0 fully saturated rings. The van der Waals surface area contributed by atoms with Crippen molar-refractivity contribution in [3.8, 4) is 0 Å². The molecule has 82 valence electrons. The molecule has 0 heterocycles. The van der Waals surface area contributed by atoms with Crippen LogP contribution in [-0.2, 0) is 19.0 Å². The molecule has 0 atom stereocenters. The fourth-order valence-corrected chi connectivity index (χ4v) is 0.758. The summed E-state index contributed by atoms with van der Waals surface area (Å²) in [5.74, 6) is -0.481. The number of aliphatic hydroxyl groups excluding tert-OH is 1. The number of methoxy groups -OCH3 is 2. The Hall–Kier alpha value is -0.910. The van der Waals surface area contributed by atoms with Crippen molar-refractivity contribution < 1.29 is 24.1 Å². The zero-order valence-corrected chi connectivity index (χ0v) is 8.43. The van der Waals surface area contributed by atoms with Gasteiger partial charge in [-0.25, -0.2) is 4.79 Å².